The monoisotopic (exact) mass is 1300 g/mol. The normalized spacial score (nSPS) is 14.4. The number of hydrogen-bond donors (Lipinski definition) is 3. The zero-order valence-corrected chi connectivity index (χ0v) is 58.6. The van der Waals surface area contributed by atoms with E-state index in [1.807, 2.05) is 0 Å². The third kappa shape index (κ3) is 61.6. The van der Waals surface area contributed by atoms with E-state index in [2.05, 4.69) is 34.6 Å². The molecule has 3 unspecified atom stereocenters. The van der Waals surface area contributed by atoms with Crippen molar-refractivity contribution >= 4 is 39.5 Å². The van der Waals surface area contributed by atoms with Crippen LogP contribution in [0.3, 0.4) is 0 Å². The molecule has 0 saturated carbocycles. The molecule has 88 heavy (non-hydrogen) atoms. The molecule has 0 aliphatic heterocycles. The van der Waals surface area contributed by atoms with Crippen LogP contribution in [0.15, 0.2) is 0 Å². The number of unbranched alkanes of at least 4 members (excludes halogenated alkanes) is 40. The van der Waals surface area contributed by atoms with Gasteiger partial charge in [-0.15, -0.1) is 0 Å². The van der Waals surface area contributed by atoms with E-state index in [0.29, 0.717) is 25.7 Å². The molecule has 0 aromatic rings. The van der Waals surface area contributed by atoms with Gasteiger partial charge in [0, 0.05) is 25.7 Å². The fourth-order valence-electron chi connectivity index (χ4n) is 10.4. The van der Waals surface area contributed by atoms with Gasteiger partial charge in [0.05, 0.1) is 26.4 Å². The first-order valence-corrected chi connectivity index (χ1v) is 39.2. The number of rotatable bonds is 69. The van der Waals surface area contributed by atoms with Gasteiger partial charge >= 0.3 is 39.5 Å². The summed E-state index contributed by atoms with van der Waals surface area (Å²) >= 11 is 0. The Bertz CT molecular complexity index is 1710. The van der Waals surface area contributed by atoms with E-state index in [-0.39, 0.29) is 25.7 Å². The zero-order chi connectivity index (χ0) is 64.9. The van der Waals surface area contributed by atoms with Crippen molar-refractivity contribution in [3.05, 3.63) is 0 Å². The van der Waals surface area contributed by atoms with Gasteiger partial charge in [0.2, 0.25) is 0 Å². The van der Waals surface area contributed by atoms with Crippen LogP contribution in [-0.2, 0) is 65.4 Å². The van der Waals surface area contributed by atoms with Gasteiger partial charge in [-0.2, -0.15) is 0 Å². The van der Waals surface area contributed by atoms with Gasteiger partial charge in [-0.1, -0.05) is 304 Å². The number of aliphatic hydroxyl groups excluding tert-OH is 1. The number of carbonyl (C=O) groups excluding carboxylic acids is 4. The lowest BCUT2D eigenvalue weighted by Crippen LogP contribution is -2.30. The number of carbonyl (C=O) groups is 4. The summed E-state index contributed by atoms with van der Waals surface area (Å²) in [4.78, 5) is 72.2. The smallest absolute Gasteiger partial charge is 0.462 e. The largest absolute Gasteiger partial charge is 0.472 e. The van der Waals surface area contributed by atoms with Gasteiger partial charge in [-0.05, 0) is 31.6 Å². The molecule has 0 spiro atoms. The van der Waals surface area contributed by atoms with Gasteiger partial charge in [-0.3, -0.25) is 37.3 Å². The third-order valence-corrected chi connectivity index (χ3v) is 18.3. The van der Waals surface area contributed by atoms with Gasteiger partial charge in [-0.25, -0.2) is 9.13 Å². The third-order valence-electron chi connectivity index (χ3n) is 16.4. The molecule has 0 aliphatic carbocycles. The zero-order valence-electron chi connectivity index (χ0n) is 56.9. The average molecular weight is 1300 g/mol. The summed E-state index contributed by atoms with van der Waals surface area (Å²) < 4.78 is 68.0. The average Bonchev–Trinajstić information content (AvgIpc) is 3.72. The fourth-order valence-corrected chi connectivity index (χ4v) is 12.0. The second-order valence-corrected chi connectivity index (χ2v) is 28.1. The van der Waals surface area contributed by atoms with E-state index in [0.717, 1.165) is 102 Å². The molecule has 3 N–H and O–H groups in total. The van der Waals surface area contributed by atoms with Crippen LogP contribution < -0.4 is 0 Å². The minimum absolute atomic E-state index is 0.102. The van der Waals surface area contributed by atoms with Crippen LogP contribution in [0, 0.1) is 5.92 Å². The Kier molecular flexibility index (Phi) is 61.1. The Morgan fingerprint density at radius 1 is 0.318 bits per heavy atom. The summed E-state index contributed by atoms with van der Waals surface area (Å²) in [7, 11) is -9.89. The number of phosphoric ester groups is 2. The van der Waals surface area contributed by atoms with E-state index in [1.165, 1.54) is 173 Å². The predicted octanol–water partition coefficient (Wildman–Crippen LogP) is 19.7. The van der Waals surface area contributed by atoms with E-state index >= 15 is 0 Å². The summed E-state index contributed by atoms with van der Waals surface area (Å²) in [5.74, 6) is -1.42. The Morgan fingerprint density at radius 2 is 0.545 bits per heavy atom. The summed E-state index contributed by atoms with van der Waals surface area (Å²) in [5.41, 5.74) is 0. The van der Waals surface area contributed by atoms with Gasteiger partial charge in [0.15, 0.2) is 12.2 Å². The molecule has 0 aromatic heterocycles. The molecule has 0 amide bonds. The molecule has 522 valence electrons. The summed E-state index contributed by atoms with van der Waals surface area (Å²) in [6.45, 7) is 7.10. The number of phosphoric acid groups is 2. The number of ether oxygens (including phenoxy) is 4. The molecular formula is C69H134O17P2. The van der Waals surface area contributed by atoms with E-state index in [9.17, 15) is 43.2 Å². The van der Waals surface area contributed by atoms with E-state index < -0.39 is 97.5 Å². The number of hydrogen-bond acceptors (Lipinski definition) is 15. The standard InChI is InChI=1S/C69H134O17P2/c1-6-10-13-16-18-20-22-24-26-27-28-29-30-32-34-36-38-44-49-54-68(73)85-65(59-80-67(72)53-48-43-37-35-33-31-25-23-21-19-17-14-11-7-2)61-84-88(77,78)82-57-63(70)56-81-87(75,76)83-60-64(58-79-66(71)52-47-41-15-12-8-3)86-69(74)55-50-45-40-39-42-46-51-62(5)9-4/h62-65,70H,6-61H2,1-5H3,(H,75,76)(H,77,78)/t62?,63-,64+,65+/m0/s1. The molecule has 0 aromatic carbocycles. The predicted molar refractivity (Wildman–Crippen MR) is 354 cm³/mol. The second-order valence-electron chi connectivity index (χ2n) is 25.2. The molecule has 0 fully saturated rings. The quantitative estimate of drug-likeness (QED) is 0.0222. The van der Waals surface area contributed by atoms with Gasteiger partial charge < -0.3 is 33.8 Å². The van der Waals surface area contributed by atoms with Crippen molar-refractivity contribution in [3.63, 3.8) is 0 Å². The number of esters is 4. The maximum Gasteiger partial charge on any atom is 0.472 e. The lowest BCUT2D eigenvalue weighted by Gasteiger charge is -2.21. The summed E-state index contributed by atoms with van der Waals surface area (Å²) in [5, 5.41) is 10.5. The fraction of sp³-hybridized carbons (Fsp3) is 0.942. The molecule has 6 atom stereocenters. The minimum atomic E-state index is -4.95. The molecule has 0 rings (SSSR count). The molecule has 17 nitrogen and oxygen atoms in total. The lowest BCUT2D eigenvalue weighted by atomic mass is 10.00. The maximum atomic E-state index is 13.0. The van der Waals surface area contributed by atoms with Gasteiger partial charge in [0.1, 0.15) is 19.3 Å². The highest BCUT2D eigenvalue weighted by molar-refractivity contribution is 7.47. The van der Waals surface area contributed by atoms with E-state index in [4.69, 9.17) is 37.0 Å². The van der Waals surface area contributed by atoms with Crippen LogP contribution >= 0.6 is 15.6 Å². The van der Waals surface area contributed by atoms with E-state index in [1.54, 1.807) is 0 Å². The van der Waals surface area contributed by atoms with Crippen LogP contribution in [0.2, 0.25) is 0 Å². The first-order chi connectivity index (χ1) is 42.6. The van der Waals surface area contributed by atoms with Crippen molar-refractivity contribution in [1.82, 2.24) is 0 Å². The lowest BCUT2D eigenvalue weighted by molar-refractivity contribution is -0.161. The van der Waals surface area contributed by atoms with Crippen LogP contribution in [-0.4, -0.2) is 96.7 Å². The first-order valence-electron chi connectivity index (χ1n) is 36.2. The molecule has 0 radical (unpaired) electrons. The molecule has 0 heterocycles. The molecule has 0 aliphatic rings. The topological polar surface area (TPSA) is 237 Å². The highest BCUT2D eigenvalue weighted by Gasteiger charge is 2.30. The molecule has 0 saturated heterocycles. The molecular weight excluding hydrogens is 1160 g/mol. The highest BCUT2D eigenvalue weighted by Crippen LogP contribution is 2.45. The van der Waals surface area contributed by atoms with Crippen molar-refractivity contribution in [2.45, 2.75) is 374 Å². The van der Waals surface area contributed by atoms with Crippen molar-refractivity contribution in [1.29, 1.82) is 0 Å². The minimum Gasteiger partial charge on any atom is -0.462 e. The van der Waals surface area contributed by atoms with Crippen molar-refractivity contribution in [2.75, 3.05) is 39.6 Å². The van der Waals surface area contributed by atoms with Crippen LogP contribution in [0.5, 0.6) is 0 Å². The summed E-state index contributed by atoms with van der Waals surface area (Å²) in [6.07, 6.45) is 49.1. The van der Waals surface area contributed by atoms with Crippen molar-refractivity contribution in [2.24, 2.45) is 5.92 Å². The Balaban J connectivity index is 5.14. The van der Waals surface area contributed by atoms with Crippen LogP contribution in [0.4, 0.5) is 0 Å². The maximum absolute atomic E-state index is 13.0. The Morgan fingerprint density at radius 3 is 0.807 bits per heavy atom. The molecule has 0 bridgehead atoms. The Hall–Kier alpha value is -1.94. The van der Waals surface area contributed by atoms with Gasteiger partial charge in [0.25, 0.3) is 0 Å². The SMILES string of the molecule is CCCCCCCCCCCCCCCCCCCCCC(=O)O[C@H](COC(=O)CCCCCCCCCCCCCCCC)COP(=O)(O)OC[C@@H](O)COP(=O)(O)OC[C@@H](COC(=O)CCCCCCC)OC(=O)CCCCCCCCC(C)CC. The molecule has 19 heteroatoms. The second kappa shape index (κ2) is 62.5. The van der Waals surface area contributed by atoms with Crippen LogP contribution in [0.25, 0.3) is 0 Å². The van der Waals surface area contributed by atoms with Crippen molar-refractivity contribution < 1.29 is 80.2 Å². The highest BCUT2D eigenvalue weighted by atomic mass is 31.2. The number of aliphatic hydroxyl groups is 1. The summed E-state index contributed by atoms with van der Waals surface area (Å²) in [6, 6.07) is 0. The van der Waals surface area contributed by atoms with Crippen LogP contribution in [0.1, 0.15) is 356 Å². The van der Waals surface area contributed by atoms with Crippen molar-refractivity contribution in [3.8, 4) is 0 Å². The first kappa shape index (κ1) is 86.1. The Labute approximate surface area is 537 Å².